The van der Waals surface area contributed by atoms with Gasteiger partial charge in [0.1, 0.15) is 0 Å². The summed E-state index contributed by atoms with van der Waals surface area (Å²) in [6.07, 6.45) is 8.93. The van der Waals surface area contributed by atoms with Gasteiger partial charge in [-0.3, -0.25) is 0 Å². The van der Waals surface area contributed by atoms with Crippen molar-refractivity contribution < 1.29 is 9.90 Å². The van der Waals surface area contributed by atoms with Gasteiger partial charge in [0.15, 0.2) is 0 Å². The van der Waals surface area contributed by atoms with Crippen LogP contribution in [0.15, 0.2) is 43.0 Å². The first-order valence-electron chi connectivity index (χ1n) is 4.75. The minimum atomic E-state index is -0.912. The van der Waals surface area contributed by atoms with Crippen molar-refractivity contribution >= 4 is 18.2 Å². The van der Waals surface area contributed by atoms with E-state index >= 15 is 0 Å². The third-order valence-electron chi connectivity index (χ3n) is 2.12. The van der Waals surface area contributed by atoms with Crippen molar-refractivity contribution in [3.8, 4) is 0 Å². The second kappa shape index (κ2) is 4.44. The molecule has 0 unspecified atom stereocenters. The highest BCUT2D eigenvalue weighted by atomic mass is 16.4. The van der Waals surface area contributed by atoms with Crippen LogP contribution >= 0.6 is 0 Å². The highest BCUT2D eigenvalue weighted by molar-refractivity contribution is 5.87. The van der Waals surface area contributed by atoms with Gasteiger partial charge in [0.25, 0.3) is 0 Å². The van der Waals surface area contributed by atoms with Crippen LogP contribution in [0.25, 0.3) is 12.3 Å². The van der Waals surface area contributed by atoms with E-state index in [1.807, 2.05) is 23.0 Å². The topological polar surface area (TPSA) is 55.1 Å². The number of hydrogen-bond acceptors (Lipinski definition) is 2. The first-order valence-corrected chi connectivity index (χ1v) is 4.75. The number of benzene rings is 1. The molecule has 0 aliphatic carbocycles. The lowest BCUT2D eigenvalue weighted by atomic mass is 10.1. The number of imidazole rings is 1. The quantitative estimate of drug-likeness (QED) is 0.852. The maximum Gasteiger partial charge on any atom is 0.335 e. The Morgan fingerprint density at radius 3 is 2.62 bits per heavy atom. The fourth-order valence-electron chi connectivity index (χ4n) is 1.27. The Hall–Kier alpha value is -2.36. The lowest BCUT2D eigenvalue weighted by Gasteiger charge is -1.96. The fourth-order valence-corrected chi connectivity index (χ4v) is 1.27. The predicted octanol–water partition coefficient (Wildman–Crippen LogP) is 2.21. The summed E-state index contributed by atoms with van der Waals surface area (Å²) in [5.41, 5.74) is 1.23. The highest BCUT2D eigenvalue weighted by Gasteiger charge is 1.99. The van der Waals surface area contributed by atoms with Crippen LogP contribution in [0.1, 0.15) is 15.9 Å². The first kappa shape index (κ1) is 10.2. The smallest absolute Gasteiger partial charge is 0.335 e. The zero-order valence-electron chi connectivity index (χ0n) is 8.45. The third kappa shape index (κ3) is 2.36. The van der Waals surface area contributed by atoms with Gasteiger partial charge in [0.05, 0.1) is 11.9 Å². The number of carbonyl (C=O) groups is 1. The zero-order chi connectivity index (χ0) is 11.4. The number of carboxylic acid groups (broad SMARTS) is 1. The molecular formula is C12H10N2O2. The molecule has 0 aliphatic heterocycles. The van der Waals surface area contributed by atoms with E-state index in [2.05, 4.69) is 4.98 Å². The van der Waals surface area contributed by atoms with Crippen LogP contribution in [0.4, 0.5) is 0 Å². The van der Waals surface area contributed by atoms with Crippen molar-refractivity contribution in [2.75, 3.05) is 0 Å². The van der Waals surface area contributed by atoms with Crippen LogP contribution in [-0.4, -0.2) is 20.6 Å². The van der Waals surface area contributed by atoms with Gasteiger partial charge in [0.2, 0.25) is 0 Å². The predicted molar refractivity (Wildman–Crippen MR) is 60.9 cm³/mol. The van der Waals surface area contributed by atoms with E-state index in [4.69, 9.17) is 5.11 Å². The number of hydrogen-bond donors (Lipinski definition) is 1. The molecule has 2 aromatic rings. The molecule has 0 saturated heterocycles. The Kier molecular flexibility index (Phi) is 2.82. The molecule has 4 heteroatoms. The standard InChI is InChI=1S/C12H10N2O2/c15-12(16)11-3-1-10(2-4-11)5-7-14-8-6-13-9-14/h1-9H,(H,15,16)/b7-5+. The van der Waals surface area contributed by atoms with Crippen LogP contribution in [-0.2, 0) is 0 Å². The zero-order valence-corrected chi connectivity index (χ0v) is 8.45. The van der Waals surface area contributed by atoms with E-state index in [1.165, 1.54) is 0 Å². The summed E-state index contributed by atoms with van der Waals surface area (Å²) >= 11 is 0. The van der Waals surface area contributed by atoms with Gasteiger partial charge >= 0.3 is 5.97 Å². The highest BCUT2D eigenvalue weighted by Crippen LogP contribution is 2.06. The second-order valence-electron chi connectivity index (χ2n) is 3.25. The molecule has 2 rings (SSSR count). The summed E-state index contributed by atoms with van der Waals surface area (Å²) in [6.45, 7) is 0. The third-order valence-corrected chi connectivity index (χ3v) is 2.12. The number of nitrogens with zero attached hydrogens (tertiary/aromatic N) is 2. The van der Waals surface area contributed by atoms with Gasteiger partial charge in [-0.25, -0.2) is 9.78 Å². The van der Waals surface area contributed by atoms with E-state index in [0.717, 1.165) is 5.56 Å². The molecule has 1 heterocycles. The second-order valence-corrected chi connectivity index (χ2v) is 3.25. The molecule has 0 amide bonds. The van der Waals surface area contributed by atoms with Crippen molar-refractivity contribution in [1.29, 1.82) is 0 Å². The van der Waals surface area contributed by atoms with Gasteiger partial charge in [-0.1, -0.05) is 12.1 Å². The molecule has 80 valence electrons. The van der Waals surface area contributed by atoms with Gasteiger partial charge in [-0.2, -0.15) is 0 Å². The normalized spacial score (nSPS) is 10.8. The molecular weight excluding hydrogens is 204 g/mol. The van der Waals surface area contributed by atoms with Crippen LogP contribution in [0.5, 0.6) is 0 Å². The SMILES string of the molecule is O=C(O)c1ccc(/C=C/n2ccnc2)cc1. The molecule has 0 atom stereocenters. The summed E-state index contributed by atoms with van der Waals surface area (Å²) < 4.78 is 1.81. The Balaban J connectivity index is 2.14. The summed E-state index contributed by atoms with van der Waals surface area (Å²) in [7, 11) is 0. The minimum absolute atomic E-state index is 0.291. The Labute approximate surface area is 92.5 Å². The maximum atomic E-state index is 10.6. The molecule has 0 aliphatic rings. The van der Waals surface area contributed by atoms with Crippen molar-refractivity contribution in [2.45, 2.75) is 0 Å². The van der Waals surface area contributed by atoms with Crippen molar-refractivity contribution in [1.82, 2.24) is 9.55 Å². The fraction of sp³-hybridized carbons (Fsp3) is 0. The molecule has 16 heavy (non-hydrogen) atoms. The first-order chi connectivity index (χ1) is 7.75. The molecule has 1 aromatic heterocycles. The van der Waals surface area contributed by atoms with Gasteiger partial charge in [-0.15, -0.1) is 0 Å². The molecule has 1 N–H and O–H groups in total. The number of aromatic nitrogens is 2. The van der Waals surface area contributed by atoms with Crippen LogP contribution < -0.4 is 0 Å². The summed E-state index contributed by atoms with van der Waals surface area (Å²) in [4.78, 5) is 14.5. The Morgan fingerprint density at radius 2 is 2.06 bits per heavy atom. The van der Waals surface area contributed by atoms with E-state index in [-0.39, 0.29) is 0 Å². The molecule has 4 nitrogen and oxygen atoms in total. The lowest BCUT2D eigenvalue weighted by Crippen LogP contribution is -1.94. The molecule has 0 bridgehead atoms. The molecule has 0 fully saturated rings. The van der Waals surface area contributed by atoms with E-state index in [0.29, 0.717) is 5.56 Å². The van der Waals surface area contributed by atoms with Crippen molar-refractivity contribution in [3.63, 3.8) is 0 Å². The van der Waals surface area contributed by atoms with Crippen LogP contribution in [0.3, 0.4) is 0 Å². The monoisotopic (exact) mass is 214 g/mol. The molecule has 0 radical (unpaired) electrons. The van der Waals surface area contributed by atoms with Crippen molar-refractivity contribution in [3.05, 3.63) is 54.1 Å². The minimum Gasteiger partial charge on any atom is -0.478 e. The van der Waals surface area contributed by atoms with Gasteiger partial charge < -0.3 is 9.67 Å². The number of aromatic carboxylic acids is 1. The Morgan fingerprint density at radius 1 is 1.31 bits per heavy atom. The number of carboxylic acids is 1. The molecule has 0 spiro atoms. The average molecular weight is 214 g/mol. The van der Waals surface area contributed by atoms with E-state index in [1.54, 1.807) is 36.8 Å². The largest absolute Gasteiger partial charge is 0.478 e. The van der Waals surface area contributed by atoms with Crippen molar-refractivity contribution in [2.24, 2.45) is 0 Å². The molecule has 1 aromatic carbocycles. The summed E-state index contributed by atoms with van der Waals surface area (Å²) in [5, 5.41) is 8.73. The van der Waals surface area contributed by atoms with E-state index in [9.17, 15) is 4.79 Å². The van der Waals surface area contributed by atoms with Crippen LogP contribution in [0.2, 0.25) is 0 Å². The average Bonchev–Trinajstić information content (AvgIpc) is 2.80. The van der Waals surface area contributed by atoms with Crippen LogP contribution in [0, 0.1) is 0 Å². The number of rotatable bonds is 3. The van der Waals surface area contributed by atoms with E-state index < -0.39 is 5.97 Å². The lowest BCUT2D eigenvalue weighted by molar-refractivity contribution is 0.0697. The maximum absolute atomic E-state index is 10.6. The van der Waals surface area contributed by atoms with Gasteiger partial charge in [-0.05, 0) is 23.8 Å². The Bertz CT molecular complexity index is 498. The van der Waals surface area contributed by atoms with Gasteiger partial charge in [0, 0.05) is 18.6 Å². The summed E-state index contributed by atoms with van der Waals surface area (Å²) in [6, 6.07) is 6.68. The summed E-state index contributed by atoms with van der Waals surface area (Å²) in [5.74, 6) is -0.912. The molecule has 0 saturated carbocycles.